The number of aromatic carboxylic acids is 1. The molecule has 0 unspecified atom stereocenters. The third-order valence-corrected chi connectivity index (χ3v) is 3.14. The van der Waals surface area contributed by atoms with Crippen LogP contribution in [-0.2, 0) is 6.54 Å². The van der Waals surface area contributed by atoms with Crippen LogP contribution in [0.5, 0.6) is 0 Å². The second kappa shape index (κ2) is 6.06. The number of carbonyl (C=O) groups is 1. The van der Waals surface area contributed by atoms with E-state index in [0.29, 0.717) is 6.54 Å². The monoisotopic (exact) mass is 271 g/mol. The van der Waals surface area contributed by atoms with Crippen molar-refractivity contribution in [3.8, 4) is 0 Å². The van der Waals surface area contributed by atoms with E-state index in [2.05, 4.69) is 9.88 Å². The molecule has 2 rings (SSSR count). The molecule has 0 fully saturated rings. The van der Waals surface area contributed by atoms with Crippen molar-refractivity contribution in [2.45, 2.75) is 13.5 Å². The van der Waals surface area contributed by atoms with Gasteiger partial charge in [-0.2, -0.15) is 0 Å². The van der Waals surface area contributed by atoms with Crippen molar-refractivity contribution in [1.82, 2.24) is 4.98 Å². The van der Waals surface area contributed by atoms with Crippen LogP contribution in [0.25, 0.3) is 0 Å². The van der Waals surface area contributed by atoms with Gasteiger partial charge in [-0.1, -0.05) is 0 Å². The van der Waals surface area contributed by atoms with Gasteiger partial charge in [-0.15, -0.1) is 0 Å². The molecule has 0 aliphatic heterocycles. The lowest BCUT2D eigenvalue weighted by molar-refractivity contribution is 0.0698. The molecular formula is C15H17N3O2. The molecule has 2 aromatic rings. The topological polar surface area (TPSA) is 79.5 Å². The maximum absolute atomic E-state index is 11.1. The molecule has 0 spiro atoms. The number of carboxylic acids is 1. The zero-order valence-electron chi connectivity index (χ0n) is 11.3. The van der Waals surface area contributed by atoms with Crippen LogP contribution in [0.2, 0.25) is 0 Å². The number of carboxylic acid groups (broad SMARTS) is 1. The quantitative estimate of drug-likeness (QED) is 0.816. The van der Waals surface area contributed by atoms with E-state index >= 15 is 0 Å². The first-order chi connectivity index (χ1) is 9.61. The Morgan fingerprint density at radius 3 is 2.60 bits per heavy atom. The van der Waals surface area contributed by atoms with E-state index in [9.17, 15) is 4.79 Å². The Morgan fingerprint density at radius 2 is 2.00 bits per heavy atom. The zero-order valence-corrected chi connectivity index (χ0v) is 11.3. The van der Waals surface area contributed by atoms with Gasteiger partial charge >= 0.3 is 5.97 Å². The first kappa shape index (κ1) is 13.9. The van der Waals surface area contributed by atoms with Crippen LogP contribution in [0.4, 0.5) is 11.4 Å². The molecule has 3 N–H and O–H groups in total. The fourth-order valence-corrected chi connectivity index (χ4v) is 2.02. The minimum absolute atomic E-state index is 0.135. The fraction of sp³-hybridized carbons (Fsp3) is 0.200. The van der Waals surface area contributed by atoms with Crippen LogP contribution in [0.1, 0.15) is 22.8 Å². The van der Waals surface area contributed by atoms with E-state index in [-0.39, 0.29) is 11.3 Å². The molecule has 0 aliphatic carbocycles. The summed E-state index contributed by atoms with van der Waals surface area (Å²) in [6, 6.07) is 8.97. The number of anilines is 2. The van der Waals surface area contributed by atoms with Crippen molar-refractivity contribution in [3.05, 3.63) is 53.9 Å². The molecule has 0 radical (unpaired) electrons. The van der Waals surface area contributed by atoms with Gasteiger partial charge in [0.05, 0.1) is 5.56 Å². The summed E-state index contributed by atoms with van der Waals surface area (Å²) in [4.78, 5) is 17.2. The van der Waals surface area contributed by atoms with Gasteiger partial charge in [0.15, 0.2) is 0 Å². The molecule has 0 aliphatic rings. The largest absolute Gasteiger partial charge is 0.478 e. The van der Waals surface area contributed by atoms with Gasteiger partial charge in [0.1, 0.15) is 0 Å². The Kier molecular flexibility index (Phi) is 4.20. The lowest BCUT2D eigenvalue weighted by Crippen LogP contribution is -2.22. The van der Waals surface area contributed by atoms with Crippen molar-refractivity contribution in [2.24, 2.45) is 0 Å². The third-order valence-electron chi connectivity index (χ3n) is 3.14. The van der Waals surface area contributed by atoms with Crippen LogP contribution in [0, 0.1) is 0 Å². The first-order valence-corrected chi connectivity index (χ1v) is 6.38. The number of nitrogen functional groups attached to an aromatic ring is 1. The number of nitrogens with zero attached hydrogens (tertiary/aromatic N) is 2. The molecular weight excluding hydrogens is 254 g/mol. The van der Waals surface area contributed by atoms with Crippen molar-refractivity contribution in [2.75, 3.05) is 17.2 Å². The Balaban J connectivity index is 2.28. The van der Waals surface area contributed by atoms with Gasteiger partial charge in [-0.25, -0.2) is 4.79 Å². The summed E-state index contributed by atoms with van der Waals surface area (Å²) in [7, 11) is 0. The Morgan fingerprint density at radius 1 is 1.30 bits per heavy atom. The van der Waals surface area contributed by atoms with E-state index in [1.165, 1.54) is 0 Å². The van der Waals surface area contributed by atoms with E-state index < -0.39 is 5.97 Å². The number of rotatable bonds is 5. The minimum Gasteiger partial charge on any atom is -0.478 e. The SMILES string of the molecule is CCN(Cc1ccncc1)c1ccc(N)c(C(=O)O)c1. The number of benzene rings is 1. The molecule has 104 valence electrons. The fourth-order valence-electron chi connectivity index (χ4n) is 2.02. The highest BCUT2D eigenvalue weighted by Crippen LogP contribution is 2.22. The molecule has 0 amide bonds. The van der Waals surface area contributed by atoms with Crippen molar-refractivity contribution in [1.29, 1.82) is 0 Å². The van der Waals surface area contributed by atoms with Gasteiger partial charge in [0.2, 0.25) is 0 Å². The van der Waals surface area contributed by atoms with E-state index in [1.54, 1.807) is 24.5 Å². The van der Waals surface area contributed by atoms with Crippen LogP contribution >= 0.6 is 0 Å². The minimum atomic E-state index is -1.01. The van der Waals surface area contributed by atoms with Gasteiger partial charge in [-0.3, -0.25) is 4.98 Å². The molecule has 0 atom stereocenters. The summed E-state index contributed by atoms with van der Waals surface area (Å²) >= 11 is 0. The molecule has 5 nitrogen and oxygen atoms in total. The molecule has 0 saturated carbocycles. The highest BCUT2D eigenvalue weighted by molar-refractivity contribution is 5.94. The van der Waals surface area contributed by atoms with Crippen LogP contribution < -0.4 is 10.6 Å². The van der Waals surface area contributed by atoms with Gasteiger partial charge in [-0.05, 0) is 42.8 Å². The Bertz CT molecular complexity index is 599. The average molecular weight is 271 g/mol. The highest BCUT2D eigenvalue weighted by Gasteiger charge is 2.12. The average Bonchev–Trinajstić information content (AvgIpc) is 2.46. The number of hydrogen-bond acceptors (Lipinski definition) is 4. The lowest BCUT2D eigenvalue weighted by Gasteiger charge is -2.23. The molecule has 1 heterocycles. The summed E-state index contributed by atoms with van der Waals surface area (Å²) < 4.78 is 0. The van der Waals surface area contributed by atoms with Gasteiger partial charge in [0, 0.05) is 36.9 Å². The maximum Gasteiger partial charge on any atom is 0.337 e. The van der Waals surface area contributed by atoms with Crippen molar-refractivity contribution >= 4 is 17.3 Å². The van der Waals surface area contributed by atoms with Gasteiger partial charge in [0.25, 0.3) is 0 Å². The number of hydrogen-bond donors (Lipinski definition) is 2. The maximum atomic E-state index is 11.1. The Hall–Kier alpha value is -2.56. The summed E-state index contributed by atoms with van der Waals surface area (Å²) in [6.45, 7) is 3.49. The third kappa shape index (κ3) is 3.06. The number of nitrogens with two attached hydrogens (primary N) is 1. The van der Waals surface area contributed by atoms with Crippen LogP contribution in [0.3, 0.4) is 0 Å². The summed E-state index contributed by atoms with van der Waals surface area (Å²) in [5.74, 6) is -1.01. The van der Waals surface area contributed by atoms with E-state index in [4.69, 9.17) is 10.8 Å². The summed E-state index contributed by atoms with van der Waals surface area (Å²) in [5.41, 5.74) is 8.06. The molecule has 1 aromatic heterocycles. The van der Waals surface area contributed by atoms with E-state index in [1.807, 2.05) is 25.1 Å². The molecule has 0 bridgehead atoms. The molecule has 20 heavy (non-hydrogen) atoms. The number of aromatic nitrogens is 1. The zero-order chi connectivity index (χ0) is 14.5. The standard InChI is InChI=1S/C15H17N3O2/c1-2-18(10-11-5-7-17-8-6-11)12-3-4-14(16)13(9-12)15(19)20/h3-9H,2,10,16H2,1H3,(H,19,20). The van der Waals surface area contributed by atoms with Crippen LogP contribution in [0.15, 0.2) is 42.7 Å². The second-order valence-electron chi connectivity index (χ2n) is 4.45. The second-order valence-corrected chi connectivity index (χ2v) is 4.45. The van der Waals surface area contributed by atoms with Crippen LogP contribution in [-0.4, -0.2) is 22.6 Å². The summed E-state index contributed by atoms with van der Waals surface area (Å²) in [6.07, 6.45) is 3.49. The first-order valence-electron chi connectivity index (χ1n) is 6.38. The molecule has 1 aromatic carbocycles. The van der Waals surface area contributed by atoms with E-state index in [0.717, 1.165) is 17.8 Å². The van der Waals surface area contributed by atoms with Crippen molar-refractivity contribution in [3.63, 3.8) is 0 Å². The predicted octanol–water partition coefficient (Wildman–Crippen LogP) is 2.39. The molecule has 5 heteroatoms. The molecule has 0 saturated heterocycles. The van der Waals surface area contributed by atoms with Crippen molar-refractivity contribution < 1.29 is 9.90 Å². The predicted molar refractivity (Wildman–Crippen MR) is 78.8 cm³/mol. The summed E-state index contributed by atoms with van der Waals surface area (Å²) in [5, 5.41) is 9.13. The lowest BCUT2D eigenvalue weighted by atomic mass is 10.1. The smallest absolute Gasteiger partial charge is 0.337 e. The normalized spacial score (nSPS) is 10.2. The Labute approximate surface area is 117 Å². The number of pyridine rings is 1. The highest BCUT2D eigenvalue weighted by atomic mass is 16.4. The van der Waals surface area contributed by atoms with Gasteiger partial charge < -0.3 is 15.7 Å².